The number of rotatable bonds is 2. The molecule has 0 spiro atoms. The van der Waals surface area contributed by atoms with Gasteiger partial charge in [-0.1, -0.05) is 18.2 Å². The molecule has 0 aliphatic rings. The molecular formula is C13H8BrN3O. The number of hydrogen-bond acceptors (Lipinski definition) is 3. The molecule has 2 aromatic rings. The number of nitrogens with one attached hydrogen (secondary N) is 1. The van der Waals surface area contributed by atoms with Crippen molar-refractivity contribution >= 4 is 27.5 Å². The summed E-state index contributed by atoms with van der Waals surface area (Å²) in [5.74, 6) is -0.348. The molecule has 5 heteroatoms. The quantitative estimate of drug-likeness (QED) is 0.867. The highest BCUT2D eigenvalue weighted by atomic mass is 79.9. The Labute approximate surface area is 112 Å². The monoisotopic (exact) mass is 301 g/mol. The molecule has 0 aliphatic carbocycles. The van der Waals surface area contributed by atoms with Crippen LogP contribution in [0.4, 0.5) is 5.69 Å². The minimum Gasteiger partial charge on any atom is -0.319 e. The van der Waals surface area contributed by atoms with E-state index in [4.69, 9.17) is 5.26 Å². The van der Waals surface area contributed by atoms with Crippen LogP contribution >= 0.6 is 15.9 Å². The summed E-state index contributed by atoms with van der Waals surface area (Å²) in [5, 5.41) is 11.6. The summed E-state index contributed by atoms with van der Waals surface area (Å²) in [5.41, 5.74) is 1.18. The van der Waals surface area contributed by atoms with Crippen LogP contribution in [0, 0.1) is 11.3 Å². The van der Waals surface area contributed by atoms with Gasteiger partial charge in [-0.2, -0.15) is 5.26 Å². The highest BCUT2D eigenvalue weighted by molar-refractivity contribution is 9.10. The van der Waals surface area contributed by atoms with Crippen LogP contribution in [0.3, 0.4) is 0 Å². The predicted molar refractivity (Wildman–Crippen MR) is 71.0 cm³/mol. The standard InChI is InChI=1S/C13H8BrN3O/c14-12-7-3-6-11(16-12)13(18)17-10-5-2-1-4-9(10)8-15/h1-7H,(H,17,18). The topological polar surface area (TPSA) is 65.8 Å². The summed E-state index contributed by atoms with van der Waals surface area (Å²) in [6.07, 6.45) is 0. The van der Waals surface area contributed by atoms with E-state index >= 15 is 0 Å². The van der Waals surface area contributed by atoms with Crippen molar-refractivity contribution in [2.24, 2.45) is 0 Å². The van der Waals surface area contributed by atoms with Gasteiger partial charge < -0.3 is 5.32 Å². The zero-order chi connectivity index (χ0) is 13.0. The van der Waals surface area contributed by atoms with Crippen LogP contribution in [0.1, 0.15) is 16.1 Å². The second kappa shape index (κ2) is 5.43. The second-order valence-electron chi connectivity index (χ2n) is 3.46. The number of nitrogens with zero attached hydrogens (tertiary/aromatic N) is 2. The summed E-state index contributed by atoms with van der Waals surface area (Å²) < 4.78 is 0.587. The van der Waals surface area contributed by atoms with Crippen molar-refractivity contribution in [3.8, 4) is 6.07 Å². The Kier molecular flexibility index (Phi) is 3.70. The second-order valence-corrected chi connectivity index (χ2v) is 4.27. The average molecular weight is 302 g/mol. The average Bonchev–Trinajstić information content (AvgIpc) is 2.39. The maximum atomic E-state index is 11.9. The van der Waals surface area contributed by atoms with Crippen LogP contribution in [0.25, 0.3) is 0 Å². The largest absolute Gasteiger partial charge is 0.319 e. The Morgan fingerprint density at radius 2 is 2.00 bits per heavy atom. The summed E-state index contributed by atoms with van der Waals surface area (Å²) in [6, 6.07) is 13.9. The van der Waals surface area contributed by atoms with E-state index in [9.17, 15) is 4.79 Å². The third-order valence-corrected chi connectivity index (χ3v) is 2.69. The van der Waals surface area contributed by atoms with Gasteiger partial charge in [-0.15, -0.1) is 0 Å². The Morgan fingerprint density at radius 3 is 2.72 bits per heavy atom. The highest BCUT2D eigenvalue weighted by Crippen LogP contribution is 2.15. The van der Waals surface area contributed by atoms with Gasteiger partial charge in [-0.05, 0) is 40.2 Å². The molecule has 1 aromatic carbocycles. The molecule has 0 saturated carbocycles. The van der Waals surface area contributed by atoms with Crippen LogP contribution < -0.4 is 5.32 Å². The van der Waals surface area contributed by atoms with E-state index in [0.29, 0.717) is 15.9 Å². The van der Waals surface area contributed by atoms with Crippen LogP contribution in [0.5, 0.6) is 0 Å². The fourth-order valence-electron chi connectivity index (χ4n) is 1.41. The van der Waals surface area contributed by atoms with E-state index in [0.717, 1.165) is 0 Å². The van der Waals surface area contributed by atoms with Gasteiger partial charge in [0.2, 0.25) is 0 Å². The molecule has 0 aliphatic heterocycles. The lowest BCUT2D eigenvalue weighted by Crippen LogP contribution is -2.14. The van der Waals surface area contributed by atoms with E-state index in [2.05, 4.69) is 26.2 Å². The normalized spacial score (nSPS) is 9.56. The van der Waals surface area contributed by atoms with Crippen molar-refractivity contribution in [2.45, 2.75) is 0 Å². The van der Waals surface area contributed by atoms with Crippen LogP contribution in [-0.4, -0.2) is 10.9 Å². The molecule has 1 aromatic heterocycles. The number of nitriles is 1. The summed E-state index contributed by atoms with van der Waals surface area (Å²) >= 11 is 3.20. The number of aromatic nitrogens is 1. The van der Waals surface area contributed by atoms with Crippen LogP contribution in [0.15, 0.2) is 47.1 Å². The molecule has 18 heavy (non-hydrogen) atoms. The van der Waals surface area contributed by atoms with Crippen molar-refractivity contribution in [3.63, 3.8) is 0 Å². The molecule has 88 valence electrons. The zero-order valence-corrected chi connectivity index (χ0v) is 10.8. The van der Waals surface area contributed by atoms with Crippen molar-refractivity contribution in [2.75, 3.05) is 5.32 Å². The molecule has 0 bridgehead atoms. The van der Waals surface area contributed by atoms with E-state index in [-0.39, 0.29) is 11.6 Å². The number of amides is 1. The number of carbonyl (C=O) groups is 1. The lowest BCUT2D eigenvalue weighted by molar-refractivity contribution is 0.102. The zero-order valence-electron chi connectivity index (χ0n) is 9.22. The van der Waals surface area contributed by atoms with Crippen molar-refractivity contribution in [3.05, 3.63) is 58.3 Å². The first-order chi connectivity index (χ1) is 8.70. The van der Waals surface area contributed by atoms with E-state index in [1.807, 2.05) is 6.07 Å². The van der Waals surface area contributed by atoms with E-state index in [1.54, 1.807) is 42.5 Å². The lowest BCUT2D eigenvalue weighted by atomic mass is 10.2. The first kappa shape index (κ1) is 12.3. The van der Waals surface area contributed by atoms with E-state index in [1.165, 1.54) is 0 Å². The number of benzene rings is 1. The fourth-order valence-corrected chi connectivity index (χ4v) is 1.75. The minimum atomic E-state index is -0.348. The molecule has 1 heterocycles. The first-order valence-electron chi connectivity index (χ1n) is 5.14. The molecule has 0 unspecified atom stereocenters. The van der Waals surface area contributed by atoms with Gasteiger partial charge in [0.15, 0.2) is 0 Å². The number of pyridine rings is 1. The SMILES string of the molecule is N#Cc1ccccc1NC(=O)c1cccc(Br)n1. The Balaban J connectivity index is 2.25. The molecule has 2 rings (SSSR count). The maximum Gasteiger partial charge on any atom is 0.274 e. The molecule has 0 radical (unpaired) electrons. The Bertz CT molecular complexity index is 634. The number of halogens is 1. The molecule has 4 nitrogen and oxygen atoms in total. The highest BCUT2D eigenvalue weighted by Gasteiger charge is 2.10. The van der Waals surface area contributed by atoms with Gasteiger partial charge >= 0.3 is 0 Å². The van der Waals surface area contributed by atoms with Gasteiger partial charge in [0.1, 0.15) is 16.4 Å². The van der Waals surface area contributed by atoms with Gasteiger partial charge in [-0.25, -0.2) is 4.98 Å². The van der Waals surface area contributed by atoms with Crippen molar-refractivity contribution in [1.29, 1.82) is 5.26 Å². The Hall–Kier alpha value is -2.19. The van der Waals surface area contributed by atoms with Gasteiger partial charge in [-0.3, -0.25) is 4.79 Å². The lowest BCUT2D eigenvalue weighted by Gasteiger charge is -2.06. The third-order valence-electron chi connectivity index (χ3n) is 2.24. The van der Waals surface area contributed by atoms with Crippen molar-refractivity contribution in [1.82, 2.24) is 4.98 Å². The molecule has 0 atom stereocenters. The number of hydrogen-bond donors (Lipinski definition) is 1. The maximum absolute atomic E-state index is 11.9. The molecule has 0 saturated heterocycles. The molecule has 1 amide bonds. The van der Waals surface area contributed by atoms with Crippen LogP contribution in [-0.2, 0) is 0 Å². The molecular weight excluding hydrogens is 294 g/mol. The Morgan fingerprint density at radius 1 is 1.22 bits per heavy atom. The predicted octanol–water partition coefficient (Wildman–Crippen LogP) is 2.97. The van der Waals surface area contributed by atoms with Gasteiger partial charge in [0.25, 0.3) is 5.91 Å². The van der Waals surface area contributed by atoms with Crippen LogP contribution in [0.2, 0.25) is 0 Å². The number of para-hydroxylation sites is 1. The number of anilines is 1. The summed E-state index contributed by atoms with van der Waals surface area (Å²) in [7, 11) is 0. The first-order valence-corrected chi connectivity index (χ1v) is 5.93. The molecule has 1 N–H and O–H groups in total. The summed E-state index contributed by atoms with van der Waals surface area (Å²) in [4.78, 5) is 16.0. The van der Waals surface area contributed by atoms with Crippen molar-refractivity contribution < 1.29 is 4.79 Å². The van der Waals surface area contributed by atoms with Gasteiger partial charge in [0, 0.05) is 0 Å². The smallest absolute Gasteiger partial charge is 0.274 e. The van der Waals surface area contributed by atoms with Gasteiger partial charge in [0.05, 0.1) is 11.3 Å². The minimum absolute atomic E-state index is 0.289. The fraction of sp³-hybridized carbons (Fsp3) is 0. The third kappa shape index (κ3) is 2.73. The molecule has 0 fully saturated rings. The van der Waals surface area contributed by atoms with E-state index < -0.39 is 0 Å². The summed E-state index contributed by atoms with van der Waals surface area (Å²) in [6.45, 7) is 0. The number of carbonyl (C=O) groups excluding carboxylic acids is 1.